The van der Waals surface area contributed by atoms with Crippen molar-refractivity contribution in [2.24, 2.45) is 0 Å². The molecule has 4 nitrogen and oxygen atoms in total. The van der Waals surface area contributed by atoms with Gasteiger partial charge in [0.1, 0.15) is 5.60 Å². The molecule has 1 aromatic heterocycles. The van der Waals surface area contributed by atoms with Crippen LogP contribution in [0.15, 0.2) is 24.5 Å². The Morgan fingerprint density at radius 2 is 2.27 bits per heavy atom. The second-order valence-corrected chi connectivity index (χ2v) is 6.15. The van der Waals surface area contributed by atoms with Crippen molar-refractivity contribution in [3.8, 4) is 0 Å². The zero-order valence-electron chi connectivity index (χ0n) is 8.26. The quantitative estimate of drug-likeness (QED) is 0.757. The topological polar surface area (TPSA) is 67.3 Å². The van der Waals surface area contributed by atoms with Crippen LogP contribution in [0.1, 0.15) is 18.4 Å². The van der Waals surface area contributed by atoms with E-state index in [2.05, 4.69) is 4.98 Å². The van der Waals surface area contributed by atoms with Crippen LogP contribution in [-0.4, -0.2) is 30.0 Å². The summed E-state index contributed by atoms with van der Waals surface area (Å²) in [5.41, 5.74) is -0.654. The highest BCUT2D eigenvalue weighted by Gasteiger charge is 2.38. The summed E-state index contributed by atoms with van der Waals surface area (Å²) in [6, 6.07) is 3.42. The van der Waals surface area contributed by atoms with Gasteiger partial charge in [-0.2, -0.15) is 0 Å². The van der Waals surface area contributed by atoms with Crippen molar-refractivity contribution in [3.63, 3.8) is 0 Å². The first-order valence-electron chi connectivity index (χ1n) is 4.85. The van der Waals surface area contributed by atoms with Gasteiger partial charge in [-0.1, -0.05) is 6.07 Å². The number of hydrogen-bond acceptors (Lipinski definition) is 4. The van der Waals surface area contributed by atoms with Crippen LogP contribution < -0.4 is 0 Å². The van der Waals surface area contributed by atoms with Gasteiger partial charge in [0, 0.05) is 18.0 Å². The number of nitrogens with zero attached hydrogens (tertiary/aromatic N) is 1. The number of rotatable bonds is 1. The first kappa shape index (κ1) is 10.6. The predicted molar refractivity (Wildman–Crippen MR) is 56.0 cm³/mol. The van der Waals surface area contributed by atoms with Crippen LogP contribution in [0, 0.1) is 0 Å². The monoisotopic (exact) mass is 227 g/mol. The molecule has 1 N–H and O–H groups in total. The van der Waals surface area contributed by atoms with Crippen molar-refractivity contribution in [1.82, 2.24) is 4.98 Å². The number of pyridine rings is 1. The summed E-state index contributed by atoms with van der Waals surface area (Å²) >= 11 is 0. The minimum atomic E-state index is -3.12. The van der Waals surface area contributed by atoms with Gasteiger partial charge in [-0.05, 0) is 18.9 Å². The normalized spacial score (nSPS) is 29.9. The molecule has 0 aromatic carbocycles. The Morgan fingerprint density at radius 3 is 2.87 bits per heavy atom. The number of aromatic nitrogens is 1. The molecular weight excluding hydrogens is 214 g/mol. The van der Waals surface area contributed by atoms with Gasteiger partial charge in [-0.15, -0.1) is 0 Å². The van der Waals surface area contributed by atoms with Crippen molar-refractivity contribution in [3.05, 3.63) is 30.1 Å². The fourth-order valence-electron chi connectivity index (χ4n) is 1.96. The third kappa shape index (κ3) is 2.18. The first-order chi connectivity index (χ1) is 7.02. The lowest BCUT2D eigenvalue weighted by atomic mass is 9.92. The summed E-state index contributed by atoms with van der Waals surface area (Å²) in [7, 11) is -3.12. The van der Waals surface area contributed by atoms with Gasteiger partial charge in [0.25, 0.3) is 0 Å². The zero-order valence-corrected chi connectivity index (χ0v) is 9.07. The Kier molecular flexibility index (Phi) is 2.52. The molecule has 0 bridgehead atoms. The smallest absolute Gasteiger partial charge is 0.153 e. The average molecular weight is 227 g/mol. The van der Waals surface area contributed by atoms with Gasteiger partial charge in [0.05, 0.1) is 11.5 Å². The highest BCUT2D eigenvalue weighted by molar-refractivity contribution is 7.91. The predicted octanol–water partition coefficient (Wildman–Crippen LogP) is 0.478. The van der Waals surface area contributed by atoms with E-state index < -0.39 is 15.4 Å². The maximum atomic E-state index is 11.5. The molecule has 1 aliphatic heterocycles. The largest absolute Gasteiger partial charge is 0.384 e. The molecule has 82 valence electrons. The molecule has 15 heavy (non-hydrogen) atoms. The molecule has 1 aromatic rings. The Balaban J connectivity index is 2.35. The third-order valence-corrected chi connectivity index (χ3v) is 4.53. The second kappa shape index (κ2) is 3.57. The maximum absolute atomic E-state index is 11.5. The van der Waals surface area contributed by atoms with Gasteiger partial charge >= 0.3 is 0 Å². The van der Waals surface area contributed by atoms with Crippen molar-refractivity contribution in [2.45, 2.75) is 18.4 Å². The van der Waals surface area contributed by atoms with E-state index in [1.807, 2.05) is 0 Å². The molecule has 1 aliphatic rings. The van der Waals surface area contributed by atoms with Crippen LogP contribution in [0.25, 0.3) is 0 Å². The zero-order chi connectivity index (χ0) is 10.9. The van der Waals surface area contributed by atoms with Crippen LogP contribution in [0.5, 0.6) is 0 Å². The number of sulfone groups is 1. The Morgan fingerprint density at radius 1 is 1.47 bits per heavy atom. The highest BCUT2D eigenvalue weighted by atomic mass is 32.2. The molecule has 2 rings (SSSR count). The van der Waals surface area contributed by atoms with Gasteiger partial charge in [-0.25, -0.2) is 8.42 Å². The van der Waals surface area contributed by atoms with E-state index in [-0.39, 0.29) is 11.5 Å². The van der Waals surface area contributed by atoms with Gasteiger partial charge in [0.2, 0.25) is 0 Å². The molecule has 0 saturated carbocycles. The number of aliphatic hydroxyl groups is 1. The standard InChI is InChI=1S/C10H13NO3S/c12-10(9-3-1-5-11-7-9)4-2-6-15(13,14)8-10/h1,3,5,7,12H,2,4,6,8H2. The van der Waals surface area contributed by atoms with Crippen LogP contribution >= 0.6 is 0 Å². The molecule has 1 fully saturated rings. The van der Waals surface area contributed by atoms with E-state index in [1.54, 1.807) is 18.3 Å². The lowest BCUT2D eigenvalue weighted by molar-refractivity contribution is 0.0464. The Labute approximate surface area is 88.9 Å². The van der Waals surface area contributed by atoms with Gasteiger partial charge in [0.15, 0.2) is 9.84 Å². The molecule has 1 saturated heterocycles. The SMILES string of the molecule is O=S1(=O)CCCC(O)(c2cccnc2)C1. The van der Waals surface area contributed by atoms with Crippen molar-refractivity contribution < 1.29 is 13.5 Å². The van der Waals surface area contributed by atoms with Crippen LogP contribution in [0.4, 0.5) is 0 Å². The van der Waals surface area contributed by atoms with Crippen LogP contribution in [0.2, 0.25) is 0 Å². The van der Waals surface area contributed by atoms with Crippen molar-refractivity contribution in [2.75, 3.05) is 11.5 Å². The van der Waals surface area contributed by atoms with Crippen LogP contribution in [0.3, 0.4) is 0 Å². The summed E-state index contributed by atoms with van der Waals surface area (Å²) in [6.45, 7) is 0. The Bertz CT molecular complexity index is 443. The summed E-state index contributed by atoms with van der Waals surface area (Å²) in [6.07, 6.45) is 4.12. The molecule has 0 radical (unpaired) electrons. The van der Waals surface area contributed by atoms with E-state index in [0.717, 1.165) is 0 Å². The molecule has 5 heteroatoms. The van der Waals surface area contributed by atoms with Crippen LogP contribution in [-0.2, 0) is 15.4 Å². The van der Waals surface area contributed by atoms with Crippen molar-refractivity contribution in [1.29, 1.82) is 0 Å². The summed E-state index contributed by atoms with van der Waals surface area (Å²) < 4.78 is 22.9. The molecule has 1 unspecified atom stereocenters. The molecule has 0 aliphatic carbocycles. The first-order valence-corrected chi connectivity index (χ1v) is 6.67. The minimum Gasteiger partial charge on any atom is -0.384 e. The average Bonchev–Trinajstić information content (AvgIpc) is 2.17. The van der Waals surface area contributed by atoms with E-state index >= 15 is 0 Å². The third-order valence-electron chi connectivity index (χ3n) is 2.70. The highest BCUT2D eigenvalue weighted by Crippen LogP contribution is 2.31. The minimum absolute atomic E-state index is 0.176. The lowest BCUT2D eigenvalue weighted by Crippen LogP contribution is -2.39. The fraction of sp³-hybridized carbons (Fsp3) is 0.500. The summed E-state index contributed by atoms with van der Waals surface area (Å²) in [5.74, 6) is -0.0126. The van der Waals surface area contributed by atoms with Crippen molar-refractivity contribution >= 4 is 9.84 Å². The molecule has 1 atom stereocenters. The van der Waals surface area contributed by atoms with Gasteiger partial charge in [-0.3, -0.25) is 4.98 Å². The molecule has 0 spiro atoms. The summed E-state index contributed by atoms with van der Waals surface area (Å²) in [4.78, 5) is 3.90. The van der Waals surface area contributed by atoms with E-state index in [4.69, 9.17) is 0 Å². The molecule has 0 amide bonds. The van der Waals surface area contributed by atoms with E-state index in [1.165, 1.54) is 6.20 Å². The van der Waals surface area contributed by atoms with E-state index in [0.29, 0.717) is 18.4 Å². The van der Waals surface area contributed by atoms with E-state index in [9.17, 15) is 13.5 Å². The second-order valence-electron chi connectivity index (χ2n) is 3.97. The summed E-state index contributed by atoms with van der Waals surface area (Å²) in [5, 5.41) is 10.3. The maximum Gasteiger partial charge on any atom is 0.153 e. The lowest BCUT2D eigenvalue weighted by Gasteiger charge is -2.31. The fourth-order valence-corrected chi connectivity index (χ4v) is 3.73. The number of hydrogen-bond donors (Lipinski definition) is 1. The molecule has 2 heterocycles. The van der Waals surface area contributed by atoms with Gasteiger partial charge < -0.3 is 5.11 Å². The molecular formula is C10H13NO3S. The Hall–Kier alpha value is -0.940.